The second kappa shape index (κ2) is 9.85. The molecule has 2 aromatic heterocycles. The first kappa shape index (κ1) is 24.2. The standard InChI is InChI=1S/C25H34N6O3S/c1-16-3-4-21-20(11-16)23(29-31(21)9-10-32)26-13-22(33)28-18-14-30(15-18)19-5-7-25(34,8-6-19)24-27-12-17(2)35-24/h3-4,11-12,18-19,32,34H,5-10,13-15H2,1-2H3,(H,26,29)(H,28,33). The van der Waals surface area contributed by atoms with Crippen LogP contribution in [0.2, 0.25) is 0 Å². The Morgan fingerprint density at radius 3 is 2.71 bits per heavy atom. The molecule has 2 aliphatic rings. The van der Waals surface area contributed by atoms with E-state index in [1.54, 1.807) is 16.0 Å². The molecule has 2 fully saturated rings. The topological polar surface area (TPSA) is 116 Å². The zero-order chi connectivity index (χ0) is 24.6. The fourth-order valence-electron chi connectivity index (χ4n) is 5.26. The Morgan fingerprint density at radius 1 is 1.26 bits per heavy atom. The number of amides is 1. The van der Waals surface area contributed by atoms with Crippen molar-refractivity contribution in [3.8, 4) is 0 Å². The van der Waals surface area contributed by atoms with Gasteiger partial charge in [0.1, 0.15) is 10.6 Å². The second-order valence-electron chi connectivity index (χ2n) is 9.93. The number of aryl methyl sites for hydroxylation is 2. The molecular formula is C25H34N6O3S. The highest BCUT2D eigenvalue weighted by molar-refractivity contribution is 7.11. The Morgan fingerprint density at radius 2 is 2.03 bits per heavy atom. The SMILES string of the molecule is Cc1ccc2c(c1)c(NCC(=O)NC1CN(C3CCC(O)(c4ncc(C)s4)CC3)C1)nn2CCO. The number of anilines is 1. The molecule has 10 heteroatoms. The number of aromatic nitrogens is 3. The third kappa shape index (κ3) is 5.06. The number of nitrogens with one attached hydrogen (secondary N) is 2. The maximum Gasteiger partial charge on any atom is 0.239 e. The normalized spacial score (nSPS) is 23.4. The van der Waals surface area contributed by atoms with Crippen LogP contribution < -0.4 is 10.6 Å². The number of aliphatic hydroxyl groups excluding tert-OH is 1. The molecule has 0 radical (unpaired) electrons. The summed E-state index contributed by atoms with van der Waals surface area (Å²) >= 11 is 1.59. The largest absolute Gasteiger partial charge is 0.394 e. The molecule has 1 aliphatic heterocycles. The van der Waals surface area contributed by atoms with E-state index in [4.69, 9.17) is 0 Å². The highest BCUT2D eigenvalue weighted by Crippen LogP contribution is 2.40. The van der Waals surface area contributed by atoms with Gasteiger partial charge in [0.25, 0.3) is 0 Å². The molecule has 0 atom stereocenters. The van der Waals surface area contributed by atoms with Crippen molar-refractivity contribution in [3.63, 3.8) is 0 Å². The number of hydrogen-bond donors (Lipinski definition) is 4. The van der Waals surface area contributed by atoms with E-state index in [1.165, 1.54) is 0 Å². The lowest BCUT2D eigenvalue weighted by Crippen LogP contribution is -2.63. The van der Waals surface area contributed by atoms with Crippen molar-refractivity contribution in [2.75, 3.05) is 31.6 Å². The summed E-state index contributed by atoms with van der Waals surface area (Å²) in [6.45, 7) is 6.30. The van der Waals surface area contributed by atoms with E-state index in [1.807, 2.05) is 38.2 Å². The average molecular weight is 499 g/mol. The Labute approximate surface area is 209 Å². The van der Waals surface area contributed by atoms with Crippen molar-refractivity contribution in [1.82, 2.24) is 25.0 Å². The first-order chi connectivity index (χ1) is 16.8. The van der Waals surface area contributed by atoms with Crippen LogP contribution in [0.3, 0.4) is 0 Å². The van der Waals surface area contributed by atoms with Crippen molar-refractivity contribution in [3.05, 3.63) is 39.8 Å². The van der Waals surface area contributed by atoms with E-state index in [0.717, 1.165) is 65.1 Å². The maximum atomic E-state index is 12.6. The van der Waals surface area contributed by atoms with Crippen LogP contribution in [0.25, 0.3) is 10.9 Å². The predicted octanol–water partition coefficient (Wildman–Crippen LogP) is 2.14. The van der Waals surface area contributed by atoms with Crippen LogP contribution in [-0.2, 0) is 16.9 Å². The monoisotopic (exact) mass is 498 g/mol. The zero-order valence-corrected chi connectivity index (χ0v) is 21.1. The first-order valence-electron chi connectivity index (χ1n) is 12.4. The summed E-state index contributed by atoms with van der Waals surface area (Å²) in [5, 5.41) is 33.0. The van der Waals surface area contributed by atoms with Crippen LogP contribution in [0.15, 0.2) is 24.4 Å². The summed E-state index contributed by atoms with van der Waals surface area (Å²) in [6.07, 6.45) is 5.20. The minimum Gasteiger partial charge on any atom is -0.394 e. The number of carbonyl (C=O) groups excluding carboxylic acids is 1. The summed E-state index contributed by atoms with van der Waals surface area (Å²) in [5.74, 6) is 0.608. The molecule has 1 saturated heterocycles. The minimum atomic E-state index is -0.785. The van der Waals surface area contributed by atoms with Crippen molar-refractivity contribution in [2.24, 2.45) is 0 Å². The molecule has 188 valence electrons. The summed E-state index contributed by atoms with van der Waals surface area (Å²) < 4.78 is 1.76. The van der Waals surface area contributed by atoms with E-state index >= 15 is 0 Å². The van der Waals surface area contributed by atoms with Gasteiger partial charge in [0, 0.05) is 35.6 Å². The highest BCUT2D eigenvalue weighted by Gasteiger charge is 2.41. The quantitative estimate of drug-likeness (QED) is 0.376. The minimum absolute atomic E-state index is 0.00758. The van der Waals surface area contributed by atoms with Crippen LogP contribution in [0.4, 0.5) is 5.82 Å². The van der Waals surface area contributed by atoms with Crippen molar-refractivity contribution in [1.29, 1.82) is 0 Å². The lowest BCUT2D eigenvalue weighted by molar-refractivity contribution is -0.121. The molecule has 0 bridgehead atoms. The van der Waals surface area contributed by atoms with Crippen LogP contribution >= 0.6 is 11.3 Å². The van der Waals surface area contributed by atoms with Gasteiger partial charge >= 0.3 is 0 Å². The number of nitrogens with zero attached hydrogens (tertiary/aromatic N) is 4. The summed E-state index contributed by atoms with van der Waals surface area (Å²) in [6, 6.07) is 6.65. The molecule has 4 N–H and O–H groups in total. The fraction of sp³-hybridized carbons (Fsp3) is 0.560. The lowest BCUT2D eigenvalue weighted by atomic mass is 9.81. The number of fused-ring (bicyclic) bond motifs is 1. The molecule has 1 aromatic carbocycles. The molecule has 35 heavy (non-hydrogen) atoms. The number of aliphatic hydroxyl groups is 2. The number of benzene rings is 1. The summed E-state index contributed by atoms with van der Waals surface area (Å²) in [7, 11) is 0. The second-order valence-corrected chi connectivity index (χ2v) is 11.2. The third-order valence-electron chi connectivity index (χ3n) is 7.23. The smallest absolute Gasteiger partial charge is 0.239 e. The van der Waals surface area contributed by atoms with Crippen LogP contribution in [0.1, 0.15) is 41.1 Å². The summed E-state index contributed by atoms with van der Waals surface area (Å²) in [5.41, 5.74) is 1.27. The Bertz CT molecular complexity index is 1190. The van der Waals surface area contributed by atoms with Gasteiger partial charge in [-0.3, -0.25) is 14.4 Å². The van der Waals surface area contributed by atoms with E-state index in [0.29, 0.717) is 18.4 Å². The molecule has 3 heterocycles. The van der Waals surface area contributed by atoms with E-state index < -0.39 is 5.60 Å². The van der Waals surface area contributed by atoms with Gasteiger partial charge in [-0.15, -0.1) is 11.3 Å². The highest BCUT2D eigenvalue weighted by atomic mass is 32.1. The Hall–Kier alpha value is -2.53. The van der Waals surface area contributed by atoms with Gasteiger partial charge in [0.05, 0.1) is 31.3 Å². The van der Waals surface area contributed by atoms with Gasteiger partial charge in [-0.05, 0) is 51.7 Å². The third-order valence-corrected chi connectivity index (χ3v) is 8.33. The van der Waals surface area contributed by atoms with Gasteiger partial charge in [-0.1, -0.05) is 11.6 Å². The van der Waals surface area contributed by atoms with Gasteiger partial charge in [0.2, 0.25) is 5.91 Å². The van der Waals surface area contributed by atoms with Crippen molar-refractivity contribution in [2.45, 2.75) is 63.8 Å². The Balaban J connectivity index is 1.08. The molecule has 1 aliphatic carbocycles. The van der Waals surface area contributed by atoms with Crippen molar-refractivity contribution >= 4 is 34.0 Å². The molecule has 0 spiro atoms. The fourth-order valence-corrected chi connectivity index (χ4v) is 6.17. The summed E-state index contributed by atoms with van der Waals surface area (Å²) in [4.78, 5) is 20.5. The van der Waals surface area contributed by atoms with Gasteiger partial charge in [0.15, 0.2) is 5.82 Å². The van der Waals surface area contributed by atoms with Crippen LogP contribution in [0.5, 0.6) is 0 Å². The van der Waals surface area contributed by atoms with Crippen molar-refractivity contribution < 1.29 is 15.0 Å². The number of carbonyl (C=O) groups is 1. The molecular weight excluding hydrogens is 464 g/mol. The molecule has 3 aromatic rings. The van der Waals surface area contributed by atoms with Gasteiger partial charge in [-0.2, -0.15) is 5.10 Å². The maximum absolute atomic E-state index is 12.6. The number of thiazole rings is 1. The number of rotatable bonds is 8. The first-order valence-corrected chi connectivity index (χ1v) is 13.2. The molecule has 0 unspecified atom stereocenters. The van der Waals surface area contributed by atoms with Crippen LogP contribution in [0, 0.1) is 13.8 Å². The van der Waals surface area contributed by atoms with Crippen LogP contribution in [-0.4, -0.2) is 74.1 Å². The molecule has 9 nitrogen and oxygen atoms in total. The average Bonchev–Trinajstić information content (AvgIpc) is 3.40. The van der Waals surface area contributed by atoms with E-state index in [9.17, 15) is 15.0 Å². The Kier molecular flexibility index (Phi) is 6.80. The zero-order valence-electron chi connectivity index (χ0n) is 20.3. The molecule has 5 rings (SSSR count). The number of likely N-dealkylation sites (tertiary alicyclic amines) is 1. The molecule has 1 saturated carbocycles. The predicted molar refractivity (Wildman–Crippen MR) is 137 cm³/mol. The molecule has 1 amide bonds. The van der Waals surface area contributed by atoms with E-state index in [2.05, 4.69) is 25.6 Å². The lowest BCUT2D eigenvalue weighted by Gasteiger charge is -2.47. The number of hydrogen-bond acceptors (Lipinski definition) is 8. The van der Waals surface area contributed by atoms with E-state index in [-0.39, 0.29) is 25.1 Å². The van der Waals surface area contributed by atoms with Gasteiger partial charge in [-0.25, -0.2) is 4.98 Å². The van der Waals surface area contributed by atoms with Gasteiger partial charge < -0.3 is 20.8 Å².